The van der Waals surface area contributed by atoms with E-state index >= 15 is 0 Å². The van der Waals surface area contributed by atoms with Gasteiger partial charge in [-0.15, -0.1) is 11.3 Å². The molecule has 2 aromatic rings. The van der Waals surface area contributed by atoms with Crippen LogP contribution < -0.4 is 4.90 Å². The van der Waals surface area contributed by atoms with Gasteiger partial charge >= 0.3 is 12.4 Å². The molecule has 1 aromatic carbocycles. The summed E-state index contributed by atoms with van der Waals surface area (Å²) in [5.74, 6) is 0. The first kappa shape index (κ1) is 18.1. The minimum atomic E-state index is -4.84. The van der Waals surface area contributed by atoms with E-state index in [0.29, 0.717) is 11.8 Å². The SMILES string of the molecule is N#Cc1ccc(N(Cc2cscn2)CC(F)(F)F)cc1C(F)(F)F. The van der Waals surface area contributed by atoms with E-state index in [2.05, 4.69) is 4.98 Å². The predicted octanol–water partition coefficient (Wildman–Crippen LogP) is 4.60. The minimum Gasteiger partial charge on any atom is -0.357 e. The van der Waals surface area contributed by atoms with Crippen molar-refractivity contribution < 1.29 is 26.3 Å². The van der Waals surface area contributed by atoms with E-state index in [1.807, 2.05) is 0 Å². The molecular weight excluding hydrogens is 356 g/mol. The summed E-state index contributed by atoms with van der Waals surface area (Å²) in [6, 6.07) is 3.87. The number of nitrogens with zero attached hydrogens (tertiary/aromatic N) is 3. The van der Waals surface area contributed by atoms with Crippen LogP contribution in [-0.4, -0.2) is 17.7 Å². The Morgan fingerprint density at radius 3 is 2.38 bits per heavy atom. The molecule has 0 amide bonds. The Hall–Kier alpha value is -2.28. The number of nitriles is 1. The molecule has 1 aromatic heterocycles. The summed E-state index contributed by atoms with van der Waals surface area (Å²) in [4.78, 5) is 4.59. The quantitative estimate of drug-likeness (QED) is 0.744. The van der Waals surface area contributed by atoms with Gasteiger partial charge < -0.3 is 4.90 Å². The highest BCUT2D eigenvalue weighted by Gasteiger charge is 2.36. The highest BCUT2D eigenvalue weighted by atomic mass is 32.1. The van der Waals surface area contributed by atoms with Crippen LogP contribution in [0.5, 0.6) is 0 Å². The highest BCUT2D eigenvalue weighted by molar-refractivity contribution is 7.07. The molecular formula is C14H9F6N3S. The second-order valence-electron chi connectivity index (χ2n) is 4.79. The molecule has 0 bridgehead atoms. The van der Waals surface area contributed by atoms with Crippen LogP contribution in [0.4, 0.5) is 32.0 Å². The Morgan fingerprint density at radius 1 is 1.17 bits per heavy atom. The van der Waals surface area contributed by atoms with Crippen LogP contribution in [0.25, 0.3) is 0 Å². The summed E-state index contributed by atoms with van der Waals surface area (Å²) in [7, 11) is 0. The number of hydrogen-bond donors (Lipinski definition) is 0. The molecule has 0 N–H and O–H groups in total. The van der Waals surface area contributed by atoms with Gasteiger partial charge in [0.25, 0.3) is 0 Å². The largest absolute Gasteiger partial charge is 0.417 e. The Morgan fingerprint density at radius 2 is 1.88 bits per heavy atom. The van der Waals surface area contributed by atoms with Gasteiger partial charge in [0.2, 0.25) is 0 Å². The van der Waals surface area contributed by atoms with E-state index in [9.17, 15) is 26.3 Å². The average Bonchev–Trinajstić information content (AvgIpc) is 2.96. The monoisotopic (exact) mass is 365 g/mol. The lowest BCUT2D eigenvalue weighted by molar-refractivity contribution is -0.137. The predicted molar refractivity (Wildman–Crippen MR) is 75.4 cm³/mol. The zero-order valence-corrected chi connectivity index (χ0v) is 12.6. The Kier molecular flexibility index (Phi) is 5.03. The molecule has 0 radical (unpaired) electrons. The van der Waals surface area contributed by atoms with E-state index < -0.39 is 30.0 Å². The highest BCUT2D eigenvalue weighted by Crippen LogP contribution is 2.35. The summed E-state index contributed by atoms with van der Waals surface area (Å²) in [5, 5.41) is 10.3. The first-order chi connectivity index (χ1) is 11.1. The maximum atomic E-state index is 13.0. The van der Waals surface area contributed by atoms with E-state index in [1.54, 1.807) is 0 Å². The van der Waals surface area contributed by atoms with E-state index in [0.717, 1.165) is 17.0 Å². The van der Waals surface area contributed by atoms with Crippen molar-refractivity contribution in [2.24, 2.45) is 0 Å². The van der Waals surface area contributed by atoms with Gasteiger partial charge in [0.15, 0.2) is 0 Å². The van der Waals surface area contributed by atoms with Gasteiger partial charge in [-0.2, -0.15) is 31.6 Å². The Balaban J connectivity index is 2.44. The Bertz CT molecular complexity index is 730. The van der Waals surface area contributed by atoms with Crippen LogP contribution in [0, 0.1) is 11.3 Å². The molecule has 2 rings (SSSR count). The zero-order valence-electron chi connectivity index (χ0n) is 11.8. The van der Waals surface area contributed by atoms with Gasteiger partial charge in [-0.05, 0) is 18.2 Å². The normalized spacial score (nSPS) is 12.0. The second-order valence-corrected chi connectivity index (χ2v) is 5.51. The van der Waals surface area contributed by atoms with Crippen molar-refractivity contribution in [3.05, 3.63) is 45.9 Å². The third-order valence-electron chi connectivity index (χ3n) is 3.00. The van der Waals surface area contributed by atoms with Crippen molar-refractivity contribution in [2.45, 2.75) is 18.9 Å². The molecule has 0 saturated carbocycles. The molecule has 0 saturated heterocycles. The van der Waals surface area contributed by atoms with Crippen LogP contribution in [0.1, 0.15) is 16.8 Å². The standard InChI is InChI=1S/C14H9F6N3S/c15-13(16,17)7-23(5-10-6-24-8-22-10)11-2-1-9(4-21)12(3-11)14(18,19)20/h1-3,6,8H,5,7H2. The number of halogens is 6. The topological polar surface area (TPSA) is 39.9 Å². The number of rotatable bonds is 4. The number of thiazole rings is 1. The summed E-state index contributed by atoms with van der Waals surface area (Å²) >= 11 is 1.17. The number of aromatic nitrogens is 1. The molecule has 0 atom stereocenters. The van der Waals surface area contributed by atoms with Crippen LogP contribution in [0.15, 0.2) is 29.1 Å². The zero-order chi connectivity index (χ0) is 18.0. The van der Waals surface area contributed by atoms with Crippen molar-refractivity contribution in [1.29, 1.82) is 5.26 Å². The third kappa shape index (κ3) is 4.61. The van der Waals surface area contributed by atoms with Gasteiger partial charge in [0.05, 0.1) is 34.9 Å². The molecule has 0 aliphatic carbocycles. The third-order valence-corrected chi connectivity index (χ3v) is 3.64. The van der Waals surface area contributed by atoms with E-state index in [1.165, 1.54) is 28.3 Å². The van der Waals surface area contributed by atoms with Crippen molar-refractivity contribution in [2.75, 3.05) is 11.4 Å². The molecule has 24 heavy (non-hydrogen) atoms. The Labute approximate surface area is 136 Å². The van der Waals surface area contributed by atoms with Gasteiger partial charge in [-0.1, -0.05) is 0 Å². The molecule has 128 valence electrons. The first-order valence-electron chi connectivity index (χ1n) is 6.40. The summed E-state index contributed by atoms with van der Waals surface area (Å²) in [6.07, 6.45) is -9.45. The molecule has 0 unspecified atom stereocenters. The maximum absolute atomic E-state index is 13.0. The minimum absolute atomic E-state index is 0.286. The fraction of sp³-hybridized carbons (Fsp3) is 0.286. The summed E-state index contributed by atoms with van der Waals surface area (Å²) < 4.78 is 77.3. The lowest BCUT2D eigenvalue weighted by atomic mass is 10.1. The van der Waals surface area contributed by atoms with Crippen molar-refractivity contribution in [3.8, 4) is 6.07 Å². The molecule has 0 spiro atoms. The molecule has 10 heteroatoms. The van der Waals surface area contributed by atoms with Gasteiger partial charge in [-0.25, -0.2) is 4.98 Å². The number of hydrogen-bond acceptors (Lipinski definition) is 4. The molecule has 3 nitrogen and oxygen atoms in total. The van der Waals surface area contributed by atoms with E-state index in [-0.39, 0.29) is 12.2 Å². The maximum Gasteiger partial charge on any atom is 0.417 e. The first-order valence-corrected chi connectivity index (χ1v) is 7.34. The lowest BCUT2D eigenvalue weighted by Gasteiger charge is -2.26. The van der Waals surface area contributed by atoms with Crippen molar-refractivity contribution >= 4 is 17.0 Å². The fourth-order valence-corrected chi connectivity index (χ4v) is 2.58. The number of benzene rings is 1. The molecule has 1 heterocycles. The average molecular weight is 365 g/mol. The van der Waals surface area contributed by atoms with Gasteiger partial charge in [0.1, 0.15) is 6.54 Å². The molecule has 0 aliphatic rings. The van der Waals surface area contributed by atoms with Gasteiger partial charge in [-0.3, -0.25) is 0 Å². The van der Waals surface area contributed by atoms with Crippen LogP contribution in [-0.2, 0) is 12.7 Å². The van der Waals surface area contributed by atoms with Crippen molar-refractivity contribution in [1.82, 2.24) is 4.98 Å². The van der Waals surface area contributed by atoms with Gasteiger partial charge in [0, 0.05) is 11.1 Å². The van der Waals surface area contributed by atoms with Crippen LogP contribution in [0.2, 0.25) is 0 Å². The summed E-state index contributed by atoms with van der Waals surface area (Å²) in [5.41, 5.74) is -0.477. The molecule has 0 aliphatic heterocycles. The summed E-state index contributed by atoms with van der Waals surface area (Å²) in [6.45, 7) is -1.74. The molecule has 0 fully saturated rings. The number of alkyl halides is 6. The number of anilines is 1. The lowest BCUT2D eigenvalue weighted by Crippen LogP contribution is -2.34. The second kappa shape index (κ2) is 6.68. The van der Waals surface area contributed by atoms with Crippen molar-refractivity contribution in [3.63, 3.8) is 0 Å². The fourth-order valence-electron chi connectivity index (χ4n) is 2.03. The van der Waals surface area contributed by atoms with Crippen LogP contribution >= 0.6 is 11.3 Å². The smallest absolute Gasteiger partial charge is 0.357 e. The van der Waals surface area contributed by atoms with E-state index in [4.69, 9.17) is 5.26 Å². The van der Waals surface area contributed by atoms with Crippen LogP contribution in [0.3, 0.4) is 0 Å².